The second-order valence-electron chi connectivity index (χ2n) is 3.81. The molecule has 0 radical (unpaired) electrons. The average Bonchev–Trinajstić information content (AvgIpc) is 2.66. The molecule has 0 unspecified atom stereocenters. The molecule has 2 heterocycles. The number of aliphatic hydroxyl groups excluding tert-OH is 2. The van der Waals surface area contributed by atoms with Gasteiger partial charge in [0.05, 0.1) is 6.61 Å². The van der Waals surface area contributed by atoms with Crippen molar-refractivity contribution in [3.05, 3.63) is 33.1 Å². The predicted octanol–water partition coefficient (Wildman–Crippen LogP) is -3.16. The molecule has 1 aliphatic heterocycles. The zero-order valence-electron chi connectivity index (χ0n) is 9.38. The number of aliphatic hydroxyl groups is 2. The third-order valence-corrected chi connectivity index (χ3v) is 3.49. The van der Waals surface area contributed by atoms with Crippen molar-refractivity contribution in [2.75, 3.05) is 6.61 Å². The highest BCUT2D eigenvalue weighted by Gasteiger charge is 2.42. The lowest BCUT2D eigenvalue weighted by Gasteiger charge is -2.13. The number of aromatic nitrogens is 2. The van der Waals surface area contributed by atoms with Gasteiger partial charge in [-0.3, -0.25) is 14.3 Å². The number of nitrogens with one attached hydrogen (secondary N) is 1. The van der Waals surface area contributed by atoms with Crippen molar-refractivity contribution < 1.29 is 23.4 Å². The van der Waals surface area contributed by atoms with Gasteiger partial charge in [0.25, 0.3) is 5.56 Å². The molecule has 0 bridgehead atoms. The number of rotatable bonds is 2. The van der Waals surface area contributed by atoms with E-state index in [1.165, 1.54) is 0 Å². The van der Waals surface area contributed by atoms with E-state index >= 15 is 0 Å². The first-order valence-corrected chi connectivity index (χ1v) is 6.25. The molecule has 1 aromatic rings. The highest BCUT2D eigenvalue weighted by Crippen LogP contribution is 2.24. The van der Waals surface area contributed by atoms with Crippen molar-refractivity contribution in [3.8, 4) is 0 Å². The second kappa shape index (κ2) is 5.09. The molecule has 1 fully saturated rings. The molecule has 104 valence electrons. The van der Waals surface area contributed by atoms with E-state index in [-0.39, 0.29) is 0 Å². The van der Waals surface area contributed by atoms with Crippen LogP contribution in [0.1, 0.15) is 6.23 Å². The maximum absolute atomic E-state index is 11.6. The van der Waals surface area contributed by atoms with E-state index in [0.717, 1.165) is 16.8 Å². The number of ether oxygens (including phenoxy) is 1. The van der Waals surface area contributed by atoms with Crippen molar-refractivity contribution in [1.82, 2.24) is 9.55 Å². The third kappa shape index (κ3) is 2.38. The predicted molar refractivity (Wildman–Crippen MR) is 62.3 cm³/mol. The van der Waals surface area contributed by atoms with Crippen molar-refractivity contribution in [1.29, 1.82) is 0 Å². The van der Waals surface area contributed by atoms with Gasteiger partial charge in [0.2, 0.25) is 10.3 Å². The Morgan fingerprint density at radius 3 is 2.63 bits per heavy atom. The van der Waals surface area contributed by atoms with Crippen LogP contribution in [0.25, 0.3) is 0 Å². The lowest BCUT2D eigenvalue weighted by molar-refractivity contribution is -0.0441. The third-order valence-electron chi connectivity index (χ3n) is 2.67. The first-order chi connectivity index (χ1) is 8.95. The Hall–Kier alpha value is -1.75. The van der Waals surface area contributed by atoms with Crippen LogP contribution in [0.5, 0.6) is 0 Å². The van der Waals surface area contributed by atoms with Crippen LogP contribution < -0.4 is 11.2 Å². The van der Waals surface area contributed by atoms with Gasteiger partial charge in [-0.15, -0.1) is 0 Å². The van der Waals surface area contributed by atoms with Crippen LogP contribution in [0, 0.1) is 0 Å². The van der Waals surface area contributed by atoms with E-state index in [0.29, 0.717) is 0 Å². The summed E-state index contributed by atoms with van der Waals surface area (Å²) in [5.74, 6) is 0. The molecule has 10 heteroatoms. The minimum absolute atomic E-state index is 0.479. The minimum Gasteiger partial charge on any atom is -0.394 e. The number of H-pyrrole nitrogens is 1. The number of nitrogens with zero attached hydrogens (tertiary/aromatic N) is 1. The Morgan fingerprint density at radius 2 is 2.11 bits per heavy atom. The SMILES string of the molecule is O=c1ccn([C@@H]2O[C@H](CO)[C@@H](O)C2=S(=O)=O)c(=O)[nH]1. The molecule has 0 amide bonds. The molecular formula is C9H10N2O7S. The lowest BCUT2D eigenvalue weighted by atomic mass is 10.2. The van der Waals surface area contributed by atoms with Gasteiger partial charge in [-0.05, 0) is 0 Å². The van der Waals surface area contributed by atoms with Gasteiger partial charge in [0.15, 0.2) is 6.23 Å². The summed E-state index contributed by atoms with van der Waals surface area (Å²) in [4.78, 5) is 24.0. The largest absolute Gasteiger partial charge is 0.394 e. The quantitative estimate of drug-likeness (QED) is 0.488. The summed E-state index contributed by atoms with van der Waals surface area (Å²) in [5, 5.41) is 18.7. The fourth-order valence-electron chi connectivity index (χ4n) is 1.77. The molecule has 3 atom stereocenters. The molecule has 0 spiro atoms. The standard InChI is InChI=1S/C9H10N2O7S/c12-3-4-6(14)7(19(16)17)8(18-4)11-2-1-5(13)10-9(11)15/h1-2,4,6,8,12,14H,3H2,(H,10,13,15)/t4-,6-,8-/m1/s1. The molecule has 3 N–H and O–H groups in total. The summed E-state index contributed by atoms with van der Waals surface area (Å²) in [7, 11) is -2.81. The summed E-state index contributed by atoms with van der Waals surface area (Å²) in [5.41, 5.74) is -1.53. The summed E-state index contributed by atoms with van der Waals surface area (Å²) in [6, 6.07) is 1.01. The summed E-state index contributed by atoms with van der Waals surface area (Å²) in [6.45, 7) is -0.615. The van der Waals surface area contributed by atoms with Gasteiger partial charge in [0.1, 0.15) is 17.1 Å². The molecule has 2 rings (SSSR count). The Morgan fingerprint density at radius 1 is 1.42 bits per heavy atom. The fourth-order valence-corrected chi connectivity index (χ4v) is 2.46. The zero-order valence-corrected chi connectivity index (χ0v) is 10.2. The van der Waals surface area contributed by atoms with Gasteiger partial charge in [0, 0.05) is 12.3 Å². The molecule has 9 nitrogen and oxygen atoms in total. The van der Waals surface area contributed by atoms with Gasteiger partial charge < -0.3 is 14.9 Å². The number of hydrogen-bond acceptors (Lipinski definition) is 7. The molecule has 1 saturated heterocycles. The van der Waals surface area contributed by atoms with Crippen LogP contribution in [-0.4, -0.2) is 51.9 Å². The maximum Gasteiger partial charge on any atom is 0.330 e. The monoisotopic (exact) mass is 290 g/mol. The van der Waals surface area contributed by atoms with E-state index < -0.39 is 51.4 Å². The number of aromatic amines is 1. The highest BCUT2D eigenvalue weighted by atomic mass is 32.2. The Balaban J connectivity index is 2.58. The van der Waals surface area contributed by atoms with Crippen LogP contribution in [0.2, 0.25) is 0 Å². The smallest absolute Gasteiger partial charge is 0.330 e. The topological polar surface area (TPSA) is 139 Å². The van der Waals surface area contributed by atoms with Crippen molar-refractivity contribution >= 4 is 15.2 Å². The Kier molecular flexibility index (Phi) is 3.66. The molecule has 0 aromatic carbocycles. The zero-order chi connectivity index (χ0) is 14.2. The van der Waals surface area contributed by atoms with E-state index in [1.807, 2.05) is 4.98 Å². The van der Waals surface area contributed by atoms with E-state index in [2.05, 4.69) is 0 Å². The van der Waals surface area contributed by atoms with Gasteiger partial charge in [-0.25, -0.2) is 4.79 Å². The highest BCUT2D eigenvalue weighted by molar-refractivity contribution is 7.73. The summed E-state index contributed by atoms with van der Waals surface area (Å²) >= 11 is 0. The average molecular weight is 290 g/mol. The Labute approximate surface area is 107 Å². The van der Waals surface area contributed by atoms with Crippen molar-refractivity contribution in [2.24, 2.45) is 0 Å². The molecule has 0 aliphatic carbocycles. The summed E-state index contributed by atoms with van der Waals surface area (Å²) in [6.07, 6.45) is -3.05. The molecule has 19 heavy (non-hydrogen) atoms. The van der Waals surface area contributed by atoms with Crippen LogP contribution >= 0.6 is 0 Å². The van der Waals surface area contributed by atoms with Crippen LogP contribution in [0.4, 0.5) is 0 Å². The van der Waals surface area contributed by atoms with Gasteiger partial charge >= 0.3 is 5.69 Å². The molecule has 1 aromatic heterocycles. The van der Waals surface area contributed by atoms with E-state index in [1.54, 1.807) is 0 Å². The molecule has 1 aliphatic rings. The fraction of sp³-hybridized carbons (Fsp3) is 0.444. The maximum atomic E-state index is 11.6. The van der Waals surface area contributed by atoms with Crippen LogP contribution in [0.15, 0.2) is 21.9 Å². The Bertz CT molecular complexity index is 723. The van der Waals surface area contributed by atoms with Crippen LogP contribution in [-0.2, 0) is 15.0 Å². The lowest BCUT2D eigenvalue weighted by Crippen LogP contribution is -2.35. The second-order valence-corrected chi connectivity index (χ2v) is 4.75. The minimum atomic E-state index is -2.81. The number of hydrogen-bond donors (Lipinski definition) is 3. The van der Waals surface area contributed by atoms with E-state index in [4.69, 9.17) is 9.84 Å². The van der Waals surface area contributed by atoms with E-state index in [9.17, 15) is 23.1 Å². The first-order valence-electron chi connectivity index (χ1n) is 5.17. The van der Waals surface area contributed by atoms with Crippen LogP contribution in [0.3, 0.4) is 0 Å². The van der Waals surface area contributed by atoms with Crippen molar-refractivity contribution in [2.45, 2.75) is 18.4 Å². The van der Waals surface area contributed by atoms with Crippen molar-refractivity contribution in [3.63, 3.8) is 0 Å². The van der Waals surface area contributed by atoms with Gasteiger partial charge in [-0.1, -0.05) is 0 Å². The normalized spacial score (nSPS) is 26.6. The molecular weight excluding hydrogens is 280 g/mol. The first kappa shape index (κ1) is 13.7. The van der Waals surface area contributed by atoms with Gasteiger partial charge in [-0.2, -0.15) is 8.42 Å². The summed E-state index contributed by atoms with van der Waals surface area (Å²) < 4.78 is 28.1. The molecule has 0 saturated carbocycles.